The lowest BCUT2D eigenvalue weighted by Gasteiger charge is -2.12. The third-order valence-corrected chi connectivity index (χ3v) is 11.8. The summed E-state index contributed by atoms with van der Waals surface area (Å²) in [6.07, 6.45) is 1.84. The van der Waals surface area contributed by atoms with Crippen LogP contribution in [0.25, 0.3) is 112 Å². The molecule has 8 aromatic carbocycles. The van der Waals surface area contributed by atoms with E-state index in [0.29, 0.717) is 23.2 Å². The second-order valence-corrected chi connectivity index (χ2v) is 15.5. The Kier molecular flexibility index (Phi) is 8.38. The normalized spacial score (nSPS) is 11.5. The molecule has 0 fully saturated rings. The molecule has 4 aromatic heterocycles. The number of fused-ring (bicyclic) bond motifs is 6. The Morgan fingerprint density at radius 2 is 0.823 bits per heavy atom. The fraction of sp³-hybridized carbons (Fsp3) is 0. The number of benzene rings is 8. The predicted molar refractivity (Wildman–Crippen MR) is 253 cm³/mol. The average molecular weight is 793 g/mol. The summed E-state index contributed by atoms with van der Waals surface area (Å²) in [5.41, 5.74) is 13.9. The highest BCUT2D eigenvalue weighted by Crippen LogP contribution is 2.40. The van der Waals surface area contributed by atoms with Gasteiger partial charge in [-0.05, 0) is 82.9 Å². The van der Waals surface area contributed by atoms with Crippen molar-refractivity contribution in [2.24, 2.45) is 0 Å². The fourth-order valence-electron chi connectivity index (χ4n) is 8.99. The zero-order valence-corrected chi connectivity index (χ0v) is 33.5. The molecule has 290 valence electrons. The molecular weight excluding hydrogens is 757 g/mol. The highest BCUT2D eigenvalue weighted by atomic mass is 15.0. The van der Waals surface area contributed by atoms with Crippen LogP contribution in [-0.4, -0.2) is 29.1 Å². The minimum Gasteiger partial charge on any atom is -0.309 e. The van der Waals surface area contributed by atoms with Crippen molar-refractivity contribution >= 4 is 43.6 Å². The van der Waals surface area contributed by atoms with E-state index in [1.165, 1.54) is 43.7 Å². The molecule has 0 bridgehead atoms. The van der Waals surface area contributed by atoms with E-state index in [-0.39, 0.29) is 0 Å². The van der Waals surface area contributed by atoms with Crippen LogP contribution in [0.3, 0.4) is 0 Å². The van der Waals surface area contributed by atoms with Crippen molar-refractivity contribution in [2.45, 2.75) is 0 Å². The van der Waals surface area contributed by atoms with E-state index in [2.05, 4.69) is 161 Å². The third-order valence-electron chi connectivity index (χ3n) is 11.8. The SMILES string of the molecule is c1ccc(-c2nc(-c3ccccc3)nc(-c3cc(-c4ccc5c6ccccc6n(-c6ccc(-c7cccc8c7c7ccccc7n8-c7ccccc7)cc6)c5c4)ccn3)n2)cc1. The van der Waals surface area contributed by atoms with E-state index in [9.17, 15) is 0 Å². The number of hydrogen-bond acceptors (Lipinski definition) is 4. The summed E-state index contributed by atoms with van der Waals surface area (Å²) in [6.45, 7) is 0. The summed E-state index contributed by atoms with van der Waals surface area (Å²) in [5, 5.41) is 4.89. The first kappa shape index (κ1) is 35.5. The zero-order valence-electron chi connectivity index (χ0n) is 33.5. The Morgan fingerprint density at radius 1 is 0.306 bits per heavy atom. The first-order valence-corrected chi connectivity index (χ1v) is 20.8. The minimum absolute atomic E-state index is 0.523. The molecule has 4 heterocycles. The molecular formula is C56H36N6. The number of rotatable bonds is 7. The highest BCUT2D eigenvalue weighted by molar-refractivity contribution is 6.16. The van der Waals surface area contributed by atoms with Crippen molar-refractivity contribution < 1.29 is 0 Å². The van der Waals surface area contributed by atoms with Gasteiger partial charge >= 0.3 is 0 Å². The van der Waals surface area contributed by atoms with Gasteiger partial charge in [-0.25, -0.2) is 15.0 Å². The number of nitrogens with zero attached hydrogens (tertiary/aromatic N) is 6. The molecule has 0 atom stereocenters. The van der Waals surface area contributed by atoms with Crippen LogP contribution in [0.2, 0.25) is 0 Å². The Hall–Kier alpha value is -8.48. The van der Waals surface area contributed by atoms with Crippen LogP contribution in [0.4, 0.5) is 0 Å². The van der Waals surface area contributed by atoms with Crippen molar-refractivity contribution in [3.05, 3.63) is 219 Å². The van der Waals surface area contributed by atoms with E-state index >= 15 is 0 Å². The quantitative estimate of drug-likeness (QED) is 0.161. The molecule has 0 saturated carbocycles. The summed E-state index contributed by atoms with van der Waals surface area (Å²) >= 11 is 0. The van der Waals surface area contributed by atoms with Gasteiger partial charge in [0.2, 0.25) is 0 Å². The minimum atomic E-state index is 0.523. The van der Waals surface area contributed by atoms with Crippen LogP contribution in [0.15, 0.2) is 219 Å². The van der Waals surface area contributed by atoms with E-state index in [1.807, 2.05) is 66.9 Å². The number of para-hydroxylation sites is 3. The smallest absolute Gasteiger partial charge is 0.182 e. The third kappa shape index (κ3) is 5.96. The molecule has 6 nitrogen and oxygen atoms in total. The number of pyridine rings is 1. The summed E-state index contributed by atoms with van der Waals surface area (Å²) < 4.78 is 4.75. The van der Waals surface area contributed by atoms with Gasteiger partial charge in [-0.15, -0.1) is 0 Å². The zero-order chi connectivity index (χ0) is 41.0. The van der Waals surface area contributed by atoms with Gasteiger partial charge in [0.15, 0.2) is 17.5 Å². The van der Waals surface area contributed by atoms with Gasteiger partial charge in [0.1, 0.15) is 5.69 Å². The first-order valence-electron chi connectivity index (χ1n) is 20.8. The van der Waals surface area contributed by atoms with Gasteiger partial charge in [-0.1, -0.05) is 152 Å². The monoisotopic (exact) mass is 792 g/mol. The molecule has 0 spiro atoms. The highest BCUT2D eigenvalue weighted by Gasteiger charge is 2.19. The molecule has 6 heteroatoms. The molecule has 12 rings (SSSR count). The largest absolute Gasteiger partial charge is 0.309 e. The van der Waals surface area contributed by atoms with Gasteiger partial charge in [0.25, 0.3) is 0 Å². The standard InChI is InChI=1S/C56H36N6/c1-4-15-38(16-5-1)54-58-55(39-17-6-2-7-18-39)60-56(59-54)48-35-41(33-34-57-48)40-29-32-46-45-21-10-12-24-49(45)62(52(46)36-40)43-30-27-37(28-31-43)44-23-14-26-51-53(44)47-22-11-13-25-50(47)61(51)42-19-8-3-9-20-42/h1-36H. The maximum absolute atomic E-state index is 4.95. The Bertz CT molecular complexity index is 3550. The molecule has 0 radical (unpaired) electrons. The molecule has 0 amide bonds. The van der Waals surface area contributed by atoms with Crippen molar-refractivity contribution in [1.82, 2.24) is 29.1 Å². The molecule has 62 heavy (non-hydrogen) atoms. The van der Waals surface area contributed by atoms with Crippen LogP contribution in [0.1, 0.15) is 0 Å². The maximum atomic E-state index is 4.95. The van der Waals surface area contributed by atoms with E-state index in [1.54, 1.807) is 0 Å². The Morgan fingerprint density at radius 3 is 1.53 bits per heavy atom. The lowest BCUT2D eigenvalue weighted by Crippen LogP contribution is -2.01. The maximum Gasteiger partial charge on any atom is 0.182 e. The van der Waals surface area contributed by atoms with Crippen LogP contribution >= 0.6 is 0 Å². The molecule has 12 aromatic rings. The summed E-state index contributed by atoms with van der Waals surface area (Å²) in [5.74, 6) is 1.73. The van der Waals surface area contributed by atoms with Crippen molar-refractivity contribution in [2.75, 3.05) is 0 Å². The predicted octanol–water partition coefficient (Wildman–Crippen LogP) is 13.8. The summed E-state index contributed by atoms with van der Waals surface area (Å²) in [4.78, 5) is 19.6. The first-order chi connectivity index (χ1) is 30.7. The number of aromatic nitrogens is 6. The molecule has 0 aliphatic carbocycles. The van der Waals surface area contributed by atoms with Crippen LogP contribution in [0, 0.1) is 0 Å². The van der Waals surface area contributed by atoms with Crippen LogP contribution in [-0.2, 0) is 0 Å². The molecule has 0 N–H and O–H groups in total. The number of hydrogen-bond donors (Lipinski definition) is 0. The Balaban J connectivity index is 0.963. The van der Waals surface area contributed by atoms with Gasteiger partial charge < -0.3 is 9.13 Å². The molecule has 0 unspecified atom stereocenters. The Labute approximate surface area is 357 Å². The van der Waals surface area contributed by atoms with Crippen molar-refractivity contribution in [3.63, 3.8) is 0 Å². The van der Waals surface area contributed by atoms with E-state index < -0.39 is 0 Å². The fourth-order valence-corrected chi connectivity index (χ4v) is 8.99. The van der Waals surface area contributed by atoms with Gasteiger partial charge in [0.05, 0.1) is 22.1 Å². The lowest BCUT2D eigenvalue weighted by atomic mass is 9.99. The van der Waals surface area contributed by atoms with Crippen molar-refractivity contribution in [3.8, 4) is 67.9 Å². The molecule has 0 aliphatic rings. The van der Waals surface area contributed by atoms with E-state index in [4.69, 9.17) is 19.9 Å². The molecule has 0 aliphatic heterocycles. The van der Waals surface area contributed by atoms with Gasteiger partial charge in [-0.3, -0.25) is 4.98 Å². The average Bonchev–Trinajstić information content (AvgIpc) is 3.87. The van der Waals surface area contributed by atoms with Crippen molar-refractivity contribution in [1.29, 1.82) is 0 Å². The van der Waals surface area contributed by atoms with Crippen LogP contribution < -0.4 is 0 Å². The van der Waals surface area contributed by atoms with Gasteiger partial charge in [-0.2, -0.15) is 0 Å². The van der Waals surface area contributed by atoms with Crippen LogP contribution in [0.5, 0.6) is 0 Å². The summed E-state index contributed by atoms with van der Waals surface area (Å²) in [7, 11) is 0. The summed E-state index contributed by atoms with van der Waals surface area (Å²) in [6, 6.07) is 74.6. The van der Waals surface area contributed by atoms with Gasteiger partial charge in [0, 0.05) is 50.2 Å². The lowest BCUT2D eigenvalue weighted by molar-refractivity contribution is 1.06. The second-order valence-electron chi connectivity index (χ2n) is 15.5. The topological polar surface area (TPSA) is 61.4 Å². The van der Waals surface area contributed by atoms with E-state index in [0.717, 1.165) is 44.7 Å². The second kappa shape index (κ2) is 14.7. The molecule has 0 saturated heterocycles.